The molecule has 4 rings (SSSR count). The van der Waals surface area contributed by atoms with Crippen LogP contribution in [-0.4, -0.2) is 29.3 Å². The first-order chi connectivity index (χ1) is 18.2. The Morgan fingerprint density at radius 2 is 1.05 bits per heavy atom. The molecule has 1 N–H and O–H groups in total. The van der Waals surface area contributed by atoms with E-state index in [-0.39, 0.29) is 11.8 Å². The van der Waals surface area contributed by atoms with Gasteiger partial charge in [-0.05, 0) is 35.1 Å². The van der Waals surface area contributed by atoms with E-state index in [4.69, 9.17) is 0 Å². The second-order valence-electron chi connectivity index (χ2n) is 9.22. The van der Waals surface area contributed by atoms with Crippen molar-refractivity contribution >= 4 is 11.8 Å². The van der Waals surface area contributed by atoms with Crippen LogP contribution in [0.4, 0.5) is 0 Å². The van der Waals surface area contributed by atoms with Gasteiger partial charge in [-0.3, -0.25) is 9.59 Å². The molecule has 0 aromatic heterocycles. The normalized spacial score (nSPS) is 11.5. The summed E-state index contributed by atoms with van der Waals surface area (Å²) in [4.78, 5) is 29.1. The van der Waals surface area contributed by atoms with Gasteiger partial charge in [-0.25, -0.2) is 0 Å². The van der Waals surface area contributed by atoms with Gasteiger partial charge in [-0.15, -0.1) is 0 Å². The number of nitrogens with zero attached hydrogens (tertiary/aromatic N) is 1. The van der Waals surface area contributed by atoms with E-state index in [2.05, 4.69) is 17.4 Å². The van der Waals surface area contributed by atoms with Crippen LogP contribution in [0.15, 0.2) is 121 Å². The summed E-state index contributed by atoms with van der Waals surface area (Å²) in [5.41, 5.74) is 4.32. The highest BCUT2D eigenvalue weighted by Gasteiger charge is 2.30. The van der Waals surface area contributed by atoms with E-state index in [0.717, 1.165) is 23.1 Å². The van der Waals surface area contributed by atoms with Crippen molar-refractivity contribution in [2.24, 2.45) is 0 Å². The van der Waals surface area contributed by atoms with E-state index in [9.17, 15) is 9.59 Å². The summed E-state index contributed by atoms with van der Waals surface area (Å²) in [7, 11) is 0. The third-order valence-electron chi connectivity index (χ3n) is 6.49. The minimum absolute atomic E-state index is 0.0214. The first kappa shape index (κ1) is 25.9. The van der Waals surface area contributed by atoms with Crippen molar-refractivity contribution in [3.8, 4) is 0 Å². The second kappa shape index (κ2) is 13.8. The first-order valence-corrected chi connectivity index (χ1v) is 12.9. The number of rotatable bonds is 12. The maximum Gasteiger partial charge on any atom is 0.243 e. The van der Waals surface area contributed by atoms with Gasteiger partial charge in [0.05, 0.1) is 0 Å². The maximum absolute atomic E-state index is 13.7. The number of carbonyl (C=O) groups is 2. The van der Waals surface area contributed by atoms with E-state index < -0.39 is 6.04 Å². The predicted molar refractivity (Wildman–Crippen MR) is 149 cm³/mol. The minimum atomic E-state index is -0.610. The zero-order chi connectivity index (χ0) is 25.7. The summed E-state index contributed by atoms with van der Waals surface area (Å²) in [6, 6.07) is 39.3. The van der Waals surface area contributed by atoms with E-state index in [1.165, 1.54) is 5.56 Å². The SMILES string of the molecule is O=C(NCCc1ccccc1)[C@H](Cc1ccccc1)N(Cc1ccccc1)C(=O)CCc1ccccc1. The Labute approximate surface area is 220 Å². The van der Waals surface area contributed by atoms with Crippen LogP contribution >= 0.6 is 0 Å². The summed E-state index contributed by atoms with van der Waals surface area (Å²) in [5, 5.41) is 3.11. The Hall–Kier alpha value is -4.18. The van der Waals surface area contributed by atoms with E-state index >= 15 is 0 Å². The fraction of sp³-hybridized carbons (Fsp3) is 0.212. The number of carbonyl (C=O) groups excluding carboxylic acids is 2. The third-order valence-corrected chi connectivity index (χ3v) is 6.49. The molecule has 4 nitrogen and oxygen atoms in total. The van der Waals surface area contributed by atoms with Gasteiger partial charge in [0.2, 0.25) is 11.8 Å². The Bertz CT molecular complexity index is 1230. The standard InChI is InChI=1S/C33H34N2O2/c36-32(22-21-27-13-5-1-6-14-27)35(26-30-19-11-4-12-20-30)31(25-29-17-9-3-10-18-29)33(37)34-24-23-28-15-7-2-8-16-28/h1-20,31H,21-26H2,(H,34,37)/t31-/m0/s1. The van der Waals surface area contributed by atoms with Crippen molar-refractivity contribution in [1.82, 2.24) is 10.2 Å². The van der Waals surface area contributed by atoms with Gasteiger partial charge in [0.25, 0.3) is 0 Å². The van der Waals surface area contributed by atoms with Gasteiger partial charge in [-0.1, -0.05) is 121 Å². The summed E-state index contributed by atoms with van der Waals surface area (Å²) >= 11 is 0. The fourth-order valence-corrected chi connectivity index (χ4v) is 4.47. The summed E-state index contributed by atoms with van der Waals surface area (Å²) in [5.74, 6) is -0.143. The average molecular weight is 491 g/mol. The average Bonchev–Trinajstić information content (AvgIpc) is 2.96. The molecule has 2 amide bonds. The van der Waals surface area contributed by atoms with E-state index in [1.807, 2.05) is 109 Å². The van der Waals surface area contributed by atoms with Crippen molar-refractivity contribution in [1.29, 1.82) is 0 Å². The lowest BCUT2D eigenvalue weighted by molar-refractivity contribution is -0.141. The molecule has 0 aliphatic rings. The van der Waals surface area contributed by atoms with Crippen molar-refractivity contribution in [3.63, 3.8) is 0 Å². The molecule has 0 aliphatic heterocycles. The highest BCUT2D eigenvalue weighted by atomic mass is 16.2. The molecule has 4 aromatic carbocycles. The lowest BCUT2D eigenvalue weighted by atomic mass is 10.0. The van der Waals surface area contributed by atoms with E-state index in [0.29, 0.717) is 32.4 Å². The van der Waals surface area contributed by atoms with Gasteiger partial charge >= 0.3 is 0 Å². The number of benzene rings is 4. The van der Waals surface area contributed by atoms with Crippen LogP contribution in [0.1, 0.15) is 28.7 Å². The van der Waals surface area contributed by atoms with Gasteiger partial charge < -0.3 is 10.2 Å². The lowest BCUT2D eigenvalue weighted by Gasteiger charge is -2.31. The van der Waals surface area contributed by atoms with E-state index in [1.54, 1.807) is 4.90 Å². The molecule has 0 radical (unpaired) electrons. The van der Waals surface area contributed by atoms with Crippen LogP contribution in [0.25, 0.3) is 0 Å². The molecule has 0 saturated heterocycles. The van der Waals surface area contributed by atoms with Crippen molar-refractivity contribution in [2.75, 3.05) is 6.54 Å². The third kappa shape index (κ3) is 8.18. The Morgan fingerprint density at radius 3 is 1.59 bits per heavy atom. The van der Waals surface area contributed by atoms with Crippen LogP contribution in [0.3, 0.4) is 0 Å². The van der Waals surface area contributed by atoms with Gasteiger partial charge in [-0.2, -0.15) is 0 Å². The van der Waals surface area contributed by atoms with Crippen LogP contribution in [0.5, 0.6) is 0 Å². The minimum Gasteiger partial charge on any atom is -0.354 e. The molecule has 0 unspecified atom stereocenters. The topological polar surface area (TPSA) is 49.4 Å². The molecule has 4 heteroatoms. The van der Waals surface area contributed by atoms with Gasteiger partial charge in [0, 0.05) is 25.9 Å². The number of amides is 2. The lowest BCUT2D eigenvalue weighted by Crippen LogP contribution is -2.50. The molecule has 188 valence electrons. The van der Waals surface area contributed by atoms with Crippen molar-refractivity contribution < 1.29 is 9.59 Å². The van der Waals surface area contributed by atoms with Gasteiger partial charge in [0.15, 0.2) is 0 Å². The predicted octanol–water partition coefficient (Wildman–Crippen LogP) is 5.62. The smallest absolute Gasteiger partial charge is 0.243 e. The number of hydrogen-bond acceptors (Lipinski definition) is 2. The molecule has 0 aliphatic carbocycles. The highest BCUT2D eigenvalue weighted by molar-refractivity contribution is 5.88. The molecule has 37 heavy (non-hydrogen) atoms. The molecule has 0 saturated carbocycles. The second-order valence-corrected chi connectivity index (χ2v) is 9.22. The molecule has 1 atom stereocenters. The number of aryl methyl sites for hydroxylation is 1. The molecule has 4 aromatic rings. The van der Waals surface area contributed by atoms with Crippen LogP contribution in [-0.2, 0) is 35.4 Å². The zero-order valence-electron chi connectivity index (χ0n) is 21.1. The number of nitrogens with one attached hydrogen (secondary N) is 1. The quantitative estimate of drug-likeness (QED) is 0.280. The van der Waals surface area contributed by atoms with Gasteiger partial charge in [0.1, 0.15) is 6.04 Å². The maximum atomic E-state index is 13.7. The molecule has 0 fully saturated rings. The molecule has 0 bridgehead atoms. The summed E-state index contributed by atoms with van der Waals surface area (Å²) < 4.78 is 0. The highest BCUT2D eigenvalue weighted by Crippen LogP contribution is 2.17. The van der Waals surface area contributed by atoms with Crippen LogP contribution < -0.4 is 5.32 Å². The van der Waals surface area contributed by atoms with Crippen LogP contribution in [0.2, 0.25) is 0 Å². The fourth-order valence-electron chi connectivity index (χ4n) is 4.47. The summed E-state index contributed by atoms with van der Waals surface area (Å²) in [6.45, 7) is 0.906. The van der Waals surface area contributed by atoms with Crippen molar-refractivity contribution in [3.05, 3.63) is 144 Å². The Kier molecular flexibility index (Phi) is 9.65. The molecule has 0 heterocycles. The first-order valence-electron chi connectivity index (χ1n) is 12.9. The molecular weight excluding hydrogens is 456 g/mol. The largest absolute Gasteiger partial charge is 0.354 e. The number of hydrogen-bond donors (Lipinski definition) is 1. The Balaban J connectivity index is 1.55. The van der Waals surface area contributed by atoms with Crippen molar-refractivity contribution in [2.45, 2.75) is 38.3 Å². The molecular formula is C33H34N2O2. The zero-order valence-corrected chi connectivity index (χ0v) is 21.1. The Morgan fingerprint density at radius 1 is 0.595 bits per heavy atom. The summed E-state index contributed by atoms with van der Waals surface area (Å²) in [6.07, 6.45) is 2.19. The monoisotopic (exact) mass is 490 g/mol. The van der Waals surface area contributed by atoms with Crippen LogP contribution in [0, 0.1) is 0 Å². The molecule has 0 spiro atoms.